The Labute approximate surface area is 154 Å². The molecule has 1 aliphatic rings. The maximum Gasteiger partial charge on any atom is 0.235 e. The third kappa shape index (κ3) is 3.22. The number of hydrogen-bond acceptors (Lipinski definition) is 4. The second kappa shape index (κ2) is 6.57. The molecule has 1 fully saturated rings. The van der Waals surface area contributed by atoms with Gasteiger partial charge in [-0.2, -0.15) is 0 Å². The lowest BCUT2D eigenvalue weighted by atomic mass is 9.95. The number of aryl methyl sites for hydroxylation is 1. The summed E-state index contributed by atoms with van der Waals surface area (Å²) in [5.74, 6) is -0.334. The summed E-state index contributed by atoms with van der Waals surface area (Å²) in [6.07, 6.45) is 3.22. The van der Waals surface area contributed by atoms with Crippen molar-refractivity contribution in [1.29, 1.82) is 0 Å². The van der Waals surface area contributed by atoms with Crippen molar-refractivity contribution in [3.05, 3.63) is 66.2 Å². The molecular formula is C19H17FN4OS. The van der Waals surface area contributed by atoms with E-state index in [0.29, 0.717) is 0 Å². The third-order valence-electron chi connectivity index (χ3n) is 4.57. The van der Waals surface area contributed by atoms with E-state index in [9.17, 15) is 9.18 Å². The highest BCUT2D eigenvalue weighted by Gasteiger charge is 2.51. The largest absolute Gasteiger partial charge is 0.325 e. The van der Waals surface area contributed by atoms with Crippen molar-refractivity contribution < 1.29 is 9.18 Å². The first-order valence-corrected chi connectivity index (χ1v) is 9.08. The fraction of sp³-hybridized carbons (Fsp3) is 0.211. The van der Waals surface area contributed by atoms with E-state index in [2.05, 4.69) is 15.5 Å². The number of benzene rings is 2. The van der Waals surface area contributed by atoms with Crippen molar-refractivity contribution >= 4 is 23.4 Å². The standard InChI is InChI=1S/C19H17FN4OS/c1-24-12-21-23-18(24)26-16-8-6-15(7-9-16)22-17(25)19(10-11-19)13-2-4-14(20)5-3-13/h2-9,12H,10-11H2,1H3,(H,22,25). The number of amides is 1. The van der Waals surface area contributed by atoms with E-state index >= 15 is 0 Å². The fourth-order valence-electron chi connectivity index (χ4n) is 2.87. The molecule has 1 saturated carbocycles. The van der Waals surface area contributed by atoms with E-state index in [1.54, 1.807) is 18.5 Å². The summed E-state index contributed by atoms with van der Waals surface area (Å²) in [6, 6.07) is 13.8. The smallest absolute Gasteiger partial charge is 0.235 e. The van der Waals surface area contributed by atoms with E-state index in [0.717, 1.165) is 34.1 Å². The predicted molar refractivity (Wildman–Crippen MR) is 97.5 cm³/mol. The highest BCUT2D eigenvalue weighted by Crippen LogP contribution is 2.49. The maximum atomic E-state index is 13.1. The van der Waals surface area contributed by atoms with Crippen LogP contribution in [-0.4, -0.2) is 20.7 Å². The number of aromatic nitrogens is 3. The van der Waals surface area contributed by atoms with Crippen molar-refractivity contribution in [1.82, 2.24) is 14.8 Å². The number of hydrogen-bond donors (Lipinski definition) is 1. The summed E-state index contributed by atoms with van der Waals surface area (Å²) in [4.78, 5) is 13.7. The van der Waals surface area contributed by atoms with Crippen LogP contribution in [0, 0.1) is 5.82 Å². The van der Waals surface area contributed by atoms with E-state index in [4.69, 9.17) is 0 Å². The van der Waals surface area contributed by atoms with Gasteiger partial charge in [0, 0.05) is 17.6 Å². The minimum atomic E-state index is -0.528. The molecule has 3 aromatic rings. The second-order valence-corrected chi connectivity index (χ2v) is 7.43. The van der Waals surface area contributed by atoms with Gasteiger partial charge in [0.05, 0.1) is 5.41 Å². The molecule has 0 aliphatic heterocycles. The monoisotopic (exact) mass is 368 g/mol. The molecule has 0 unspecified atom stereocenters. The van der Waals surface area contributed by atoms with Gasteiger partial charge in [0.2, 0.25) is 5.91 Å². The Morgan fingerprint density at radius 2 is 1.85 bits per heavy atom. The first kappa shape index (κ1) is 16.8. The molecule has 0 spiro atoms. The van der Waals surface area contributed by atoms with Crippen molar-refractivity contribution in [2.24, 2.45) is 7.05 Å². The summed E-state index contributed by atoms with van der Waals surface area (Å²) < 4.78 is 15.0. The van der Waals surface area contributed by atoms with Crippen molar-refractivity contribution in [3.63, 3.8) is 0 Å². The molecule has 1 aliphatic carbocycles. The topological polar surface area (TPSA) is 59.8 Å². The summed E-state index contributed by atoms with van der Waals surface area (Å²) in [5.41, 5.74) is 1.08. The van der Waals surface area contributed by atoms with Crippen LogP contribution in [-0.2, 0) is 17.3 Å². The molecule has 1 N–H and O–H groups in total. The molecule has 0 atom stereocenters. The molecule has 4 rings (SSSR count). The van der Waals surface area contributed by atoms with Crippen LogP contribution in [0.15, 0.2) is 64.9 Å². The molecule has 0 saturated heterocycles. The zero-order valence-corrected chi connectivity index (χ0v) is 15.0. The lowest BCUT2D eigenvalue weighted by Crippen LogP contribution is -2.27. The second-order valence-electron chi connectivity index (χ2n) is 6.39. The van der Waals surface area contributed by atoms with Crippen LogP contribution in [0.25, 0.3) is 0 Å². The summed E-state index contributed by atoms with van der Waals surface area (Å²) >= 11 is 1.51. The van der Waals surface area contributed by atoms with Gasteiger partial charge in [0.15, 0.2) is 5.16 Å². The van der Waals surface area contributed by atoms with Gasteiger partial charge in [-0.05, 0) is 66.6 Å². The molecular weight excluding hydrogens is 351 g/mol. The summed E-state index contributed by atoms with van der Waals surface area (Å²) in [7, 11) is 1.89. The number of anilines is 1. The van der Waals surface area contributed by atoms with E-state index in [-0.39, 0.29) is 11.7 Å². The molecule has 2 aromatic carbocycles. The Kier molecular flexibility index (Phi) is 4.24. The number of carbonyl (C=O) groups is 1. The zero-order chi connectivity index (χ0) is 18.1. The van der Waals surface area contributed by atoms with Gasteiger partial charge in [-0.3, -0.25) is 4.79 Å². The zero-order valence-electron chi connectivity index (χ0n) is 14.1. The molecule has 1 amide bonds. The van der Waals surface area contributed by atoms with Crippen LogP contribution >= 0.6 is 11.8 Å². The molecule has 7 heteroatoms. The van der Waals surface area contributed by atoms with Gasteiger partial charge >= 0.3 is 0 Å². The lowest BCUT2D eigenvalue weighted by Gasteiger charge is -2.16. The lowest BCUT2D eigenvalue weighted by molar-refractivity contribution is -0.118. The van der Waals surface area contributed by atoms with E-state index in [1.165, 1.54) is 23.9 Å². The highest BCUT2D eigenvalue weighted by atomic mass is 32.2. The molecule has 132 valence electrons. The Morgan fingerprint density at radius 3 is 2.42 bits per heavy atom. The van der Waals surface area contributed by atoms with Gasteiger partial charge in [-0.15, -0.1) is 10.2 Å². The van der Waals surface area contributed by atoms with Gasteiger partial charge in [-0.25, -0.2) is 4.39 Å². The van der Waals surface area contributed by atoms with Crippen molar-refractivity contribution in [3.8, 4) is 0 Å². The van der Waals surface area contributed by atoms with Gasteiger partial charge in [0.1, 0.15) is 12.1 Å². The molecule has 1 heterocycles. The number of rotatable bonds is 5. The Morgan fingerprint density at radius 1 is 1.15 bits per heavy atom. The van der Waals surface area contributed by atoms with E-state index < -0.39 is 5.41 Å². The quantitative estimate of drug-likeness (QED) is 0.745. The minimum Gasteiger partial charge on any atom is -0.325 e. The van der Waals surface area contributed by atoms with Gasteiger partial charge in [0.25, 0.3) is 0 Å². The van der Waals surface area contributed by atoms with Crippen molar-refractivity contribution in [2.75, 3.05) is 5.32 Å². The van der Waals surface area contributed by atoms with Crippen LogP contribution in [0.2, 0.25) is 0 Å². The third-order valence-corrected chi connectivity index (χ3v) is 5.63. The number of carbonyl (C=O) groups excluding carboxylic acids is 1. The summed E-state index contributed by atoms with van der Waals surface area (Å²) in [5, 5.41) is 11.7. The SMILES string of the molecule is Cn1cnnc1Sc1ccc(NC(=O)C2(c3ccc(F)cc3)CC2)cc1. The maximum absolute atomic E-state index is 13.1. The normalized spacial score (nSPS) is 14.8. The van der Waals surface area contributed by atoms with Crippen LogP contribution in [0.4, 0.5) is 10.1 Å². The molecule has 5 nitrogen and oxygen atoms in total. The minimum absolute atomic E-state index is 0.0437. The van der Waals surface area contributed by atoms with Gasteiger partial charge < -0.3 is 9.88 Å². The Bertz CT molecular complexity index is 933. The Balaban J connectivity index is 1.45. The average Bonchev–Trinajstić information content (AvgIpc) is 3.36. The first-order chi connectivity index (χ1) is 12.6. The number of halogens is 1. The summed E-state index contributed by atoms with van der Waals surface area (Å²) in [6.45, 7) is 0. The van der Waals surface area contributed by atoms with E-state index in [1.807, 2.05) is 35.9 Å². The van der Waals surface area contributed by atoms with Crippen molar-refractivity contribution in [2.45, 2.75) is 28.3 Å². The molecule has 0 radical (unpaired) electrons. The van der Waals surface area contributed by atoms with Crippen LogP contribution in [0.3, 0.4) is 0 Å². The fourth-order valence-corrected chi connectivity index (χ4v) is 3.63. The average molecular weight is 368 g/mol. The first-order valence-electron chi connectivity index (χ1n) is 8.26. The molecule has 1 aromatic heterocycles. The van der Waals surface area contributed by atoms with Crippen LogP contribution in [0.1, 0.15) is 18.4 Å². The predicted octanol–water partition coefficient (Wildman–Crippen LogP) is 3.78. The van der Waals surface area contributed by atoms with Crippen LogP contribution in [0.5, 0.6) is 0 Å². The highest BCUT2D eigenvalue weighted by molar-refractivity contribution is 7.99. The van der Waals surface area contributed by atoms with Crippen LogP contribution < -0.4 is 5.32 Å². The van der Waals surface area contributed by atoms with Gasteiger partial charge in [-0.1, -0.05) is 12.1 Å². The Hall–Kier alpha value is -2.67. The number of nitrogens with one attached hydrogen (secondary N) is 1. The number of nitrogens with zero attached hydrogens (tertiary/aromatic N) is 3. The molecule has 0 bridgehead atoms. The molecule has 26 heavy (non-hydrogen) atoms.